The fourth-order valence-corrected chi connectivity index (χ4v) is 0.734. The normalized spacial score (nSPS) is 9.71. The van der Waals surface area contributed by atoms with Crippen LogP contribution >= 0.6 is 0 Å². The average molecular weight is 206 g/mol. The average Bonchev–Trinajstić information content (AvgIpc) is 1.99. The quantitative estimate of drug-likeness (QED) is 0.706. The van der Waals surface area contributed by atoms with Crippen molar-refractivity contribution in [3.8, 4) is 0 Å². The lowest BCUT2D eigenvalue weighted by atomic mass is 10.4. The van der Waals surface area contributed by atoms with Crippen LogP contribution in [0.5, 0.6) is 0 Å². The smallest absolute Gasteiger partial charge is 0.302 e. The molecule has 0 radical (unpaired) electrons. The summed E-state index contributed by atoms with van der Waals surface area (Å²) in [6.07, 6.45) is 0.750. The van der Waals surface area contributed by atoms with Crippen molar-refractivity contribution in [2.24, 2.45) is 0 Å². The molecule has 0 atom stereocenters. The molecule has 0 bridgehead atoms. The highest BCUT2D eigenvalue weighted by molar-refractivity contribution is 5.65. The van der Waals surface area contributed by atoms with Crippen molar-refractivity contribution in [1.29, 1.82) is 0 Å². The van der Waals surface area contributed by atoms with Gasteiger partial charge in [0.05, 0.1) is 18.8 Å². The largest absolute Gasteiger partial charge is 0.463 e. The Morgan fingerprint density at radius 1 is 1.21 bits per heavy atom. The van der Waals surface area contributed by atoms with E-state index in [0.717, 1.165) is 0 Å². The van der Waals surface area contributed by atoms with Crippen molar-refractivity contribution in [2.45, 2.75) is 46.8 Å². The van der Waals surface area contributed by atoms with Crippen LogP contribution in [0, 0.1) is 0 Å². The Morgan fingerprint density at radius 3 is 1.71 bits per heavy atom. The first-order valence-corrected chi connectivity index (χ1v) is 4.79. The number of ether oxygens (including phenoxy) is 2. The molecule has 0 aromatic heterocycles. The Morgan fingerprint density at radius 2 is 1.64 bits per heavy atom. The number of aliphatic hydroxyl groups excluding tert-OH is 1. The molecule has 0 saturated carbocycles. The summed E-state index contributed by atoms with van der Waals surface area (Å²) >= 11 is 0. The first-order chi connectivity index (χ1) is 6.40. The van der Waals surface area contributed by atoms with E-state index in [2.05, 4.69) is 4.74 Å². The van der Waals surface area contributed by atoms with Gasteiger partial charge in [0.2, 0.25) is 0 Å². The Hall–Kier alpha value is -0.610. The molecule has 0 fully saturated rings. The van der Waals surface area contributed by atoms with Crippen LogP contribution in [0.4, 0.5) is 0 Å². The molecule has 0 aliphatic carbocycles. The van der Waals surface area contributed by atoms with Crippen LogP contribution < -0.4 is 0 Å². The summed E-state index contributed by atoms with van der Waals surface area (Å²) in [5, 5.41) is 8.04. The molecule has 0 aromatic rings. The molecule has 0 aliphatic rings. The summed E-state index contributed by atoms with van der Waals surface area (Å²) in [6, 6.07) is 0. The van der Waals surface area contributed by atoms with Gasteiger partial charge in [-0.25, -0.2) is 0 Å². The van der Waals surface area contributed by atoms with Crippen molar-refractivity contribution < 1.29 is 19.4 Å². The third-order valence-electron chi connectivity index (χ3n) is 0.941. The monoisotopic (exact) mass is 206 g/mol. The van der Waals surface area contributed by atoms with Gasteiger partial charge in [-0.3, -0.25) is 4.79 Å². The van der Waals surface area contributed by atoms with E-state index in [1.54, 1.807) is 0 Å². The molecule has 0 saturated heterocycles. The van der Waals surface area contributed by atoms with Crippen molar-refractivity contribution in [2.75, 3.05) is 13.2 Å². The lowest BCUT2D eigenvalue weighted by Crippen LogP contribution is -2.09. The number of rotatable bonds is 4. The molecule has 0 unspecified atom stereocenters. The molecule has 0 rings (SSSR count). The molecule has 14 heavy (non-hydrogen) atoms. The van der Waals surface area contributed by atoms with Gasteiger partial charge >= 0.3 is 5.97 Å². The summed E-state index contributed by atoms with van der Waals surface area (Å²) in [5.41, 5.74) is 0. The highest BCUT2D eigenvalue weighted by atomic mass is 16.5. The minimum Gasteiger partial charge on any atom is -0.463 e. The zero-order valence-corrected chi connectivity index (χ0v) is 9.74. The number of aliphatic hydroxyl groups is 1. The zero-order chi connectivity index (χ0) is 11.6. The third kappa shape index (κ3) is 22.5. The highest BCUT2D eigenvalue weighted by Crippen LogP contribution is 1.93. The molecule has 4 heteroatoms. The molecule has 0 spiro atoms. The summed E-state index contributed by atoms with van der Waals surface area (Å²) in [6.45, 7) is 9.48. The lowest BCUT2D eigenvalue weighted by molar-refractivity contribution is -0.141. The van der Waals surface area contributed by atoms with Gasteiger partial charge in [-0.15, -0.1) is 0 Å². The summed E-state index contributed by atoms with van der Waals surface area (Å²) in [4.78, 5) is 9.87. The fourth-order valence-electron chi connectivity index (χ4n) is 0.734. The minimum absolute atomic E-state index is 0.0976. The fraction of sp³-hybridized carbons (Fsp3) is 0.900. The van der Waals surface area contributed by atoms with E-state index in [1.165, 1.54) is 6.92 Å². The van der Waals surface area contributed by atoms with Crippen LogP contribution in [0.25, 0.3) is 0 Å². The Bertz CT molecular complexity index is 126. The molecule has 1 N–H and O–H groups in total. The molecular weight excluding hydrogens is 184 g/mol. The van der Waals surface area contributed by atoms with Crippen molar-refractivity contribution >= 4 is 5.97 Å². The van der Waals surface area contributed by atoms with Gasteiger partial charge in [0.1, 0.15) is 6.61 Å². The Balaban J connectivity index is 0. The molecular formula is C10H22O4. The van der Waals surface area contributed by atoms with Gasteiger partial charge < -0.3 is 14.6 Å². The zero-order valence-electron chi connectivity index (χ0n) is 9.74. The van der Waals surface area contributed by atoms with Crippen LogP contribution in [0.2, 0.25) is 0 Å². The molecule has 0 heterocycles. The second kappa shape index (κ2) is 10.5. The first-order valence-electron chi connectivity index (χ1n) is 4.79. The second-order valence-electron chi connectivity index (χ2n) is 3.30. The SMILES string of the molecule is CC(=O)OCCO.CC(C)OC(C)C. The number of hydrogen-bond donors (Lipinski definition) is 1. The summed E-state index contributed by atoms with van der Waals surface area (Å²) < 4.78 is 9.55. The van der Waals surface area contributed by atoms with E-state index in [4.69, 9.17) is 9.84 Å². The van der Waals surface area contributed by atoms with Crippen LogP contribution in [-0.2, 0) is 14.3 Å². The minimum atomic E-state index is -0.353. The Kier molecular flexibility index (Phi) is 11.9. The maximum atomic E-state index is 9.87. The van der Waals surface area contributed by atoms with E-state index >= 15 is 0 Å². The van der Waals surface area contributed by atoms with Crippen molar-refractivity contribution in [3.05, 3.63) is 0 Å². The molecule has 0 amide bonds. The van der Waals surface area contributed by atoms with Gasteiger partial charge in [0.15, 0.2) is 0 Å². The van der Waals surface area contributed by atoms with Crippen LogP contribution in [0.15, 0.2) is 0 Å². The number of carbonyl (C=O) groups excluding carboxylic acids is 1. The molecule has 86 valence electrons. The van der Waals surface area contributed by atoms with Crippen molar-refractivity contribution in [3.63, 3.8) is 0 Å². The van der Waals surface area contributed by atoms with Gasteiger partial charge in [0.25, 0.3) is 0 Å². The van der Waals surface area contributed by atoms with Crippen LogP contribution in [0.3, 0.4) is 0 Å². The number of carbonyl (C=O) groups is 1. The molecule has 0 aromatic carbocycles. The van der Waals surface area contributed by atoms with Crippen LogP contribution in [0.1, 0.15) is 34.6 Å². The predicted octanol–water partition coefficient (Wildman–Crippen LogP) is 1.36. The molecule has 4 nitrogen and oxygen atoms in total. The van der Waals surface area contributed by atoms with Gasteiger partial charge in [-0.2, -0.15) is 0 Å². The standard InChI is InChI=1S/C6H14O.C4H8O3/c1-5(2)7-6(3)4;1-4(6)7-3-2-5/h5-6H,1-4H3;5H,2-3H2,1H3. The van der Waals surface area contributed by atoms with E-state index in [1.807, 2.05) is 27.7 Å². The topological polar surface area (TPSA) is 55.8 Å². The van der Waals surface area contributed by atoms with Gasteiger partial charge in [-0.1, -0.05) is 0 Å². The van der Waals surface area contributed by atoms with E-state index in [9.17, 15) is 4.79 Å². The maximum Gasteiger partial charge on any atom is 0.302 e. The number of hydrogen-bond acceptors (Lipinski definition) is 4. The van der Waals surface area contributed by atoms with Gasteiger partial charge in [0, 0.05) is 6.92 Å². The van der Waals surface area contributed by atoms with E-state index in [-0.39, 0.29) is 19.2 Å². The van der Waals surface area contributed by atoms with Gasteiger partial charge in [-0.05, 0) is 27.7 Å². The predicted molar refractivity (Wildman–Crippen MR) is 55.1 cm³/mol. The second-order valence-corrected chi connectivity index (χ2v) is 3.30. The van der Waals surface area contributed by atoms with E-state index < -0.39 is 0 Å². The highest BCUT2D eigenvalue weighted by Gasteiger charge is 1.94. The summed E-state index contributed by atoms with van der Waals surface area (Å²) in [5.74, 6) is -0.353. The molecule has 0 aliphatic heterocycles. The third-order valence-corrected chi connectivity index (χ3v) is 0.941. The van der Waals surface area contributed by atoms with E-state index in [0.29, 0.717) is 12.2 Å². The Labute approximate surface area is 86.2 Å². The number of esters is 1. The first kappa shape index (κ1) is 15.8. The summed E-state index contributed by atoms with van der Waals surface area (Å²) in [7, 11) is 0. The van der Waals surface area contributed by atoms with Crippen molar-refractivity contribution in [1.82, 2.24) is 0 Å². The lowest BCUT2D eigenvalue weighted by Gasteiger charge is -2.09. The maximum absolute atomic E-state index is 9.87. The van der Waals surface area contributed by atoms with Crippen LogP contribution in [-0.4, -0.2) is 36.5 Å².